The maximum atomic E-state index is 5.49. The summed E-state index contributed by atoms with van der Waals surface area (Å²) in [5.41, 5.74) is 8.70. The molecule has 4 heteroatoms. The van der Waals surface area contributed by atoms with Crippen LogP contribution >= 0.6 is 15.9 Å². The molecule has 0 radical (unpaired) electrons. The zero-order valence-corrected chi connectivity index (χ0v) is 9.58. The van der Waals surface area contributed by atoms with Crippen LogP contribution in [0.4, 0.5) is 0 Å². The number of fused-ring (bicyclic) bond motifs is 1. The molecule has 2 aromatic heterocycles. The molecule has 0 fully saturated rings. The van der Waals surface area contributed by atoms with E-state index in [0.29, 0.717) is 6.54 Å². The topological polar surface area (TPSA) is 43.3 Å². The van der Waals surface area contributed by atoms with Crippen molar-refractivity contribution in [2.75, 3.05) is 6.54 Å². The SMILES string of the molecule is Cc1cc(Br)c2nc(CCN)cn2c1. The van der Waals surface area contributed by atoms with Gasteiger partial charge in [-0.05, 0) is 41.0 Å². The van der Waals surface area contributed by atoms with Gasteiger partial charge in [0.25, 0.3) is 0 Å². The first kappa shape index (κ1) is 9.68. The van der Waals surface area contributed by atoms with Gasteiger partial charge in [-0.25, -0.2) is 4.98 Å². The monoisotopic (exact) mass is 253 g/mol. The molecule has 2 rings (SSSR count). The van der Waals surface area contributed by atoms with Gasteiger partial charge in [0, 0.05) is 18.8 Å². The van der Waals surface area contributed by atoms with Crippen LogP contribution in [0.15, 0.2) is 22.9 Å². The molecule has 0 spiro atoms. The Bertz CT molecular complexity index is 462. The van der Waals surface area contributed by atoms with Crippen molar-refractivity contribution in [1.82, 2.24) is 9.38 Å². The highest BCUT2D eigenvalue weighted by Crippen LogP contribution is 2.19. The van der Waals surface area contributed by atoms with E-state index in [1.165, 1.54) is 5.56 Å². The first-order valence-corrected chi connectivity index (χ1v) is 5.34. The van der Waals surface area contributed by atoms with Crippen LogP contribution in [-0.4, -0.2) is 15.9 Å². The normalized spacial score (nSPS) is 11.1. The Kier molecular flexibility index (Phi) is 2.56. The lowest BCUT2D eigenvalue weighted by atomic mass is 10.3. The van der Waals surface area contributed by atoms with Crippen molar-refractivity contribution < 1.29 is 0 Å². The van der Waals surface area contributed by atoms with Gasteiger partial charge in [0.2, 0.25) is 0 Å². The van der Waals surface area contributed by atoms with Gasteiger partial charge >= 0.3 is 0 Å². The molecule has 0 unspecified atom stereocenters. The van der Waals surface area contributed by atoms with Crippen molar-refractivity contribution in [3.63, 3.8) is 0 Å². The molecule has 0 bridgehead atoms. The molecule has 3 nitrogen and oxygen atoms in total. The Morgan fingerprint density at radius 1 is 1.50 bits per heavy atom. The van der Waals surface area contributed by atoms with Gasteiger partial charge in [0.05, 0.1) is 10.2 Å². The van der Waals surface area contributed by atoms with Crippen LogP contribution in [0.2, 0.25) is 0 Å². The summed E-state index contributed by atoms with van der Waals surface area (Å²) in [5, 5.41) is 0. The minimum atomic E-state index is 0.639. The minimum Gasteiger partial charge on any atom is -0.330 e. The van der Waals surface area contributed by atoms with E-state index >= 15 is 0 Å². The average molecular weight is 254 g/mol. The van der Waals surface area contributed by atoms with Gasteiger partial charge in [-0.1, -0.05) is 0 Å². The number of imidazole rings is 1. The van der Waals surface area contributed by atoms with Gasteiger partial charge in [0.15, 0.2) is 5.65 Å². The second-order valence-corrected chi connectivity index (χ2v) is 4.22. The third-order valence-corrected chi connectivity index (χ3v) is 2.68. The molecule has 2 heterocycles. The number of aryl methyl sites for hydroxylation is 1. The number of aromatic nitrogens is 2. The molecular formula is C10H12BrN3. The van der Waals surface area contributed by atoms with Gasteiger partial charge in [0.1, 0.15) is 0 Å². The summed E-state index contributed by atoms with van der Waals surface area (Å²) >= 11 is 3.50. The van der Waals surface area contributed by atoms with Crippen molar-refractivity contribution in [2.45, 2.75) is 13.3 Å². The summed E-state index contributed by atoms with van der Waals surface area (Å²) in [7, 11) is 0. The number of hydrogen-bond acceptors (Lipinski definition) is 2. The maximum Gasteiger partial charge on any atom is 0.151 e. The fourth-order valence-corrected chi connectivity index (χ4v) is 2.16. The summed E-state index contributed by atoms with van der Waals surface area (Å²) in [6.07, 6.45) is 4.92. The van der Waals surface area contributed by atoms with Crippen molar-refractivity contribution in [1.29, 1.82) is 0 Å². The first-order valence-electron chi connectivity index (χ1n) is 4.54. The maximum absolute atomic E-state index is 5.49. The molecule has 0 aliphatic carbocycles. The standard InChI is InChI=1S/C10H12BrN3/c1-7-4-9(11)10-13-8(2-3-12)6-14(10)5-7/h4-6H,2-3,12H2,1H3. The van der Waals surface area contributed by atoms with Crippen LogP contribution in [-0.2, 0) is 6.42 Å². The molecule has 0 saturated carbocycles. The van der Waals surface area contributed by atoms with E-state index in [4.69, 9.17) is 5.73 Å². The van der Waals surface area contributed by atoms with Crippen LogP contribution < -0.4 is 5.73 Å². The van der Waals surface area contributed by atoms with Crippen molar-refractivity contribution >= 4 is 21.6 Å². The minimum absolute atomic E-state index is 0.639. The third kappa shape index (κ3) is 1.67. The van der Waals surface area contributed by atoms with Crippen molar-refractivity contribution in [2.24, 2.45) is 5.73 Å². The van der Waals surface area contributed by atoms with E-state index in [1.807, 2.05) is 10.6 Å². The number of pyridine rings is 1. The second-order valence-electron chi connectivity index (χ2n) is 3.37. The Balaban J connectivity index is 2.58. The van der Waals surface area contributed by atoms with Crippen LogP contribution in [0.25, 0.3) is 5.65 Å². The fourth-order valence-electron chi connectivity index (χ4n) is 1.51. The molecule has 0 atom stereocenters. The molecule has 0 aliphatic rings. The van der Waals surface area contributed by atoms with E-state index in [9.17, 15) is 0 Å². The lowest BCUT2D eigenvalue weighted by Gasteiger charge is -1.97. The van der Waals surface area contributed by atoms with Gasteiger partial charge in [-0.3, -0.25) is 0 Å². The number of halogens is 1. The predicted molar refractivity (Wildman–Crippen MR) is 60.4 cm³/mol. The van der Waals surface area contributed by atoms with Crippen LogP contribution in [0.5, 0.6) is 0 Å². The molecule has 14 heavy (non-hydrogen) atoms. The van der Waals surface area contributed by atoms with E-state index in [0.717, 1.165) is 22.2 Å². The predicted octanol–water partition coefficient (Wildman–Crippen LogP) is 1.91. The van der Waals surface area contributed by atoms with Gasteiger partial charge in [-0.2, -0.15) is 0 Å². The largest absolute Gasteiger partial charge is 0.330 e. The summed E-state index contributed by atoms with van der Waals surface area (Å²) < 4.78 is 3.06. The molecular weight excluding hydrogens is 242 g/mol. The van der Waals surface area contributed by atoms with Crippen molar-refractivity contribution in [3.05, 3.63) is 34.2 Å². The number of nitrogens with two attached hydrogens (primary N) is 1. The number of hydrogen-bond donors (Lipinski definition) is 1. The third-order valence-electron chi connectivity index (χ3n) is 2.09. The number of rotatable bonds is 2. The summed E-state index contributed by atoms with van der Waals surface area (Å²) in [6, 6.07) is 2.06. The summed E-state index contributed by atoms with van der Waals surface area (Å²) in [4.78, 5) is 4.48. The molecule has 0 amide bonds. The van der Waals surface area contributed by atoms with Crippen LogP contribution in [0, 0.1) is 6.92 Å². The summed E-state index contributed by atoms with van der Waals surface area (Å²) in [6.45, 7) is 2.70. The quantitative estimate of drug-likeness (QED) is 0.889. The molecule has 2 N–H and O–H groups in total. The molecule has 74 valence electrons. The zero-order valence-electron chi connectivity index (χ0n) is 8.00. The van der Waals surface area contributed by atoms with E-state index in [-0.39, 0.29) is 0 Å². The highest BCUT2D eigenvalue weighted by atomic mass is 79.9. The van der Waals surface area contributed by atoms with E-state index in [1.54, 1.807) is 0 Å². The van der Waals surface area contributed by atoms with Crippen LogP contribution in [0.1, 0.15) is 11.3 Å². The molecule has 0 aromatic carbocycles. The smallest absolute Gasteiger partial charge is 0.151 e. The lowest BCUT2D eigenvalue weighted by molar-refractivity contribution is 0.937. The van der Waals surface area contributed by atoms with Crippen molar-refractivity contribution in [3.8, 4) is 0 Å². The van der Waals surface area contributed by atoms with Gasteiger partial charge < -0.3 is 10.1 Å². The Morgan fingerprint density at radius 2 is 2.29 bits per heavy atom. The Labute approximate surface area is 91.1 Å². The Morgan fingerprint density at radius 3 is 3.00 bits per heavy atom. The molecule has 0 saturated heterocycles. The van der Waals surface area contributed by atoms with E-state index in [2.05, 4.69) is 40.1 Å². The summed E-state index contributed by atoms with van der Waals surface area (Å²) in [5.74, 6) is 0. The number of nitrogens with zero attached hydrogens (tertiary/aromatic N) is 2. The highest BCUT2D eigenvalue weighted by Gasteiger charge is 2.04. The molecule has 0 aliphatic heterocycles. The lowest BCUT2D eigenvalue weighted by Crippen LogP contribution is -2.02. The Hall–Kier alpha value is -0.870. The van der Waals surface area contributed by atoms with E-state index < -0.39 is 0 Å². The zero-order chi connectivity index (χ0) is 10.1. The second kappa shape index (κ2) is 3.71. The van der Waals surface area contributed by atoms with Gasteiger partial charge in [-0.15, -0.1) is 0 Å². The fraction of sp³-hybridized carbons (Fsp3) is 0.300. The average Bonchev–Trinajstić information content (AvgIpc) is 2.48. The first-order chi connectivity index (χ1) is 6.70. The highest BCUT2D eigenvalue weighted by molar-refractivity contribution is 9.10. The molecule has 2 aromatic rings. The van der Waals surface area contributed by atoms with Crippen LogP contribution in [0.3, 0.4) is 0 Å².